The van der Waals surface area contributed by atoms with E-state index >= 15 is 0 Å². The van der Waals surface area contributed by atoms with E-state index in [0.717, 1.165) is 6.54 Å². The van der Waals surface area contributed by atoms with Crippen molar-refractivity contribution in [3.8, 4) is 0 Å². The molecular formula is C7H12NO+. The zero-order chi connectivity index (χ0) is 6.69. The molecule has 50 valence electrons. The number of aromatic nitrogens is 1. The van der Waals surface area contributed by atoms with Crippen molar-refractivity contribution in [2.45, 2.75) is 20.4 Å². The van der Waals surface area contributed by atoms with Crippen LogP contribution in [0.15, 0.2) is 23.3 Å². The zero-order valence-corrected chi connectivity index (χ0v) is 5.87. The summed E-state index contributed by atoms with van der Waals surface area (Å²) in [6.45, 7) is 5.40. The van der Waals surface area contributed by atoms with E-state index in [4.69, 9.17) is 4.42 Å². The molecule has 0 N–H and O–H groups in total. The summed E-state index contributed by atoms with van der Waals surface area (Å²) in [4.78, 5) is 0. The number of oxazole rings is 1. The van der Waals surface area contributed by atoms with Gasteiger partial charge >= 0.3 is 6.39 Å². The van der Waals surface area contributed by atoms with Crippen LogP contribution >= 0.6 is 0 Å². The van der Waals surface area contributed by atoms with Crippen LogP contribution in [-0.4, -0.2) is 0 Å². The van der Waals surface area contributed by atoms with Gasteiger partial charge in [-0.1, -0.05) is 13.8 Å². The van der Waals surface area contributed by atoms with Crippen molar-refractivity contribution in [2.24, 2.45) is 5.92 Å². The lowest BCUT2D eigenvalue weighted by molar-refractivity contribution is -0.705. The third-order valence-corrected chi connectivity index (χ3v) is 1.10. The minimum absolute atomic E-state index is 0.688. The minimum Gasteiger partial charge on any atom is -0.412 e. The molecule has 9 heavy (non-hydrogen) atoms. The maximum Gasteiger partial charge on any atom is 0.334 e. The summed E-state index contributed by atoms with van der Waals surface area (Å²) in [7, 11) is 0. The SMILES string of the molecule is CC(C)C[n+]1ccoc1. The quantitative estimate of drug-likeness (QED) is 0.544. The largest absolute Gasteiger partial charge is 0.412 e. The fourth-order valence-electron chi connectivity index (χ4n) is 0.787. The molecule has 0 amide bonds. The maximum atomic E-state index is 4.88. The number of hydrogen-bond donors (Lipinski definition) is 0. The molecule has 1 aromatic heterocycles. The molecule has 0 aliphatic rings. The summed E-state index contributed by atoms with van der Waals surface area (Å²) >= 11 is 0. The van der Waals surface area contributed by atoms with Crippen LogP contribution in [0.25, 0.3) is 0 Å². The van der Waals surface area contributed by atoms with Gasteiger partial charge in [0.15, 0.2) is 12.8 Å². The Balaban J connectivity index is 2.48. The first kappa shape index (κ1) is 6.33. The highest BCUT2D eigenvalue weighted by molar-refractivity contribution is 4.47. The van der Waals surface area contributed by atoms with Crippen molar-refractivity contribution in [2.75, 3.05) is 0 Å². The van der Waals surface area contributed by atoms with Gasteiger partial charge in [0.1, 0.15) is 0 Å². The Morgan fingerprint density at radius 3 is 2.78 bits per heavy atom. The molecule has 2 nitrogen and oxygen atoms in total. The molecule has 0 aliphatic carbocycles. The highest BCUT2D eigenvalue weighted by atomic mass is 16.3. The molecule has 0 fully saturated rings. The topological polar surface area (TPSA) is 17.0 Å². The van der Waals surface area contributed by atoms with E-state index in [9.17, 15) is 0 Å². The van der Waals surface area contributed by atoms with Gasteiger partial charge in [0, 0.05) is 5.92 Å². The van der Waals surface area contributed by atoms with Crippen LogP contribution < -0.4 is 4.57 Å². The Morgan fingerprint density at radius 2 is 2.33 bits per heavy atom. The number of rotatable bonds is 2. The first-order chi connectivity index (χ1) is 4.29. The average Bonchev–Trinajstić information content (AvgIpc) is 2.15. The average molecular weight is 126 g/mol. The maximum absolute atomic E-state index is 4.88. The summed E-state index contributed by atoms with van der Waals surface area (Å²) in [5.41, 5.74) is 0. The lowest BCUT2D eigenvalue weighted by atomic mass is 10.2. The summed E-state index contributed by atoms with van der Waals surface area (Å²) in [6.07, 6.45) is 5.34. The van der Waals surface area contributed by atoms with E-state index in [1.165, 1.54) is 0 Å². The third kappa shape index (κ3) is 1.88. The summed E-state index contributed by atoms with van der Waals surface area (Å²) in [5.74, 6) is 0.688. The molecule has 0 bridgehead atoms. The van der Waals surface area contributed by atoms with Gasteiger partial charge in [-0.15, -0.1) is 0 Å². The van der Waals surface area contributed by atoms with Crippen LogP contribution in [0, 0.1) is 5.92 Å². The van der Waals surface area contributed by atoms with Crippen molar-refractivity contribution in [1.82, 2.24) is 0 Å². The molecule has 0 spiro atoms. The van der Waals surface area contributed by atoms with Crippen LogP contribution in [0.4, 0.5) is 0 Å². The van der Waals surface area contributed by atoms with Crippen LogP contribution in [0.3, 0.4) is 0 Å². The summed E-state index contributed by atoms with van der Waals surface area (Å²) in [5, 5.41) is 0. The molecule has 1 aromatic rings. The van der Waals surface area contributed by atoms with Gasteiger partial charge in [0.2, 0.25) is 6.20 Å². The standard InChI is InChI=1S/C7H12NO/c1-7(2)5-8-3-4-9-6-8/h3-4,6-7H,5H2,1-2H3/q+1. The van der Waals surface area contributed by atoms with E-state index in [-0.39, 0.29) is 0 Å². The summed E-state index contributed by atoms with van der Waals surface area (Å²) < 4.78 is 6.91. The van der Waals surface area contributed by atoms with Crippen LogP contribution in [0.2, 0.25) is 0 Å². The second kappa shape index (κ2) is 2.67. The normalized spacial score (nSPS) is 10.6. The Bertz CT molecular complexity index is 155. The zero-order valence-electron chi connectivity index (χ0n) is 5.87. The van der Waals surface area contributed by atoms with Gasteiger partial charge in [-0.05, 0) is 0 Å². The molecule has 0 saturated carbocycles. The van der Waals surface area contributed by atoms with E-state index in [0.29, 0.717) is 5.92 Å². The smallest absolute Gasteiger partial charge is 0.334 e. The van der Waals surface area contributed by atoms with Crippen molar-refractivity contribution < 1.29 is 8.98 Å². The molecule has 0 aromatic carbocycles. The molecular weight excluding hydrogens is 114 g/mol. The van der Waals surface area contributed by atoms with Crippen molar-refractivity contribution >= 4 is 0 Å². The number of nitrogens with zero attached hydrogens (tertiary/aromatic N) is 1. The monoisotopic (exact) mass is 126 g/mol. The number of hydrogen-bond acceptors (Lipinski definition) is 1. The Hall–Kier alpha value is -0.790. The molecule has 2 heteroatoms. The van der Waals surface area contributed by atoms with Gasteiger partial charge in [-0.2, -0.15) is 4.57 Å². The van der Waals surface area contributed by atoms with E-state index in [1.807, 2.05) is 10.8 Å². The molecule has 1 rings (SSSR count). The minimum atomic E-state index is 0.688. The third-order valence-electron chi connectivity index (χ3n) is 1.10. The van der Waals surface area contributed by atoms with Gasteiger partial charge in [-0.25, -0.2) is 0 Å². The van der Waals surface area contributed by atoms with Gasteiger partial charge in [0.05, 0.1) is 0 Å². The van der Waals surface area contributed by atoms with Crippen molar-refractivity contribution in [3.63, 3.8) is 0 Å². The molecule has 0 atom stereocenters. The van der Waals surface area contributed by atoms with E-state index < -0.39 is 0 Å². The van der Waals surface area contributed by atoms with E-state index in [1.54, 1.807) is 12.7 Å². The fourth-order valence-corrected chi connectivity index (χ4v) is 0.787. The van der Waals surface area contributed by atoms with Gasteiger partial charge in [-0.3, -0.25) is 0 Å². The second-order valence-corrected chi connectivity index (χ2v) is 2.62. The van der Waals surface area contributed by atoms with Crippen LogP contribution in [0.5, 0.6) is 0 Å². The molecule has 1 heterocycles. The van der Waals surface area contributed by atoms with E-state index in [2.05, 4.69) is 13.8 Å². The highest BCUT2D eigenvalue weighted by Gasteiger charge is 2.02. The molecule has 0 saturated heterocycles. The highest BCUT2D eigenvalue weighted by Crippen LogP contribution is 1.89. The van der Waals surface area contributed by atoms with Crippen molar-refractivity contribution in [1.29, 1.82) is 0 Å². The molecule has 0 unspecified atom stereocenters. The van der Waals surface area contributed by atoms with Gasteiger partial charge < -0.3 is 4.42 Å². The lowest BCUT2D eigenvalue weighted by Gasteiger charge is -1.93. The Labute approximate surface area is 55.1 Å². The predicted molar refractivity (Wildman–Crippen MR) is 33.7 cm³/mol. The predicted octanol–water partition coefficient (Wildman–Crippen LogP) is 1.22. The fraction of sp³-hybridized carbons (Fsp3) is 0.571. The van der Waals surface area contributed by atoms with Gasteiger partial charge in [0.25, 0.3) is 0 Å². The van der Waals surface area contributed by atoms with Crippen molar-refractivity contribution in [3.05, 3.63) is 18.9 Å². The summed E-state index contributed by atoms with van der Waals surface area (Å²) in [6, 6.07) is 0. The Kier molecular flexibility index (Phi) is 1.88. The lowest BCUT2D eigenvalue weighted by Crippen LogP contribution is -2.32. The van der Waals surface area contributed by atoms with Crippen LogP contribution in [-0.2, 0) is 6.54 Å². The first-order valence-corrected chi connectivity index (χ1v) is 3.20. The first-order valence-electron chi connectivity index (χ1n) is 3.20. The van der Waals surface area contributed by atoms with Crippen LogP contribution in [0.1, 0.15) is 13.8 Å². The Morgan fingerprint density at radius 1 is 1.56 bits per heavy atom. The molecule has 0 aliphatic heterocycles. The second-order valence-electron chi connectivity index (χ2n) is 2.62. The molecule has 0 radical (unpaired) electrons.